The highest BCUT2D eigenvalue weighted by Gasteiger charge is 2.28. The van der Waals surface area contributed by atoms with Gasteiger partial charge < -0.3 is 15.5 Å². The largest absolute Gasteiger partial charge is 0.356 e. The Bertz CT molecular complexity index is 377. The number of nitrogens with one attached hydrogen (secondary N) is 2. The quantitative estimate of drug-likeness (QED) is 0.390. The summed E-state index contributed by atoms with van der Waals surface area (Å²) in [5.74, 6) is 2.11. The number of amides is 1. The molecule has 0 radical (unpaired) electrons. The van der Waals surface area contributed by atoms with Crippen LogP contribution in [-0.2, 0) is 4.79 Å². The van der Waals surface area contributed by atoms with Crippen LogP contribution >= 0.6 is 35.7 Å². The first-order valence-electron chi connectivity index (χ1n) is 7.77. The van der Waals surface area contributed by atoms with Gasteiger partial charge in [-0.15, -0.1) is 24.0 Å². The van der Waals surface area contributed by atoms with Gasteiger partial charge in [-0.25, -0.2) is 0 Å². The van der Waals surface area contributed by atoms with Gasteiger partial charge in [0.1, 0.15) is 0 Å². The van der Waals surface area contributed by atoms with Crippen molar-refractivity contribution >= 4 is 47.6 Å². The molecule has 0 aromatic rings. The third-order valence-electron chi connectivity index (χ3n) is 3.59. The van der Waals surface area contributed by atoms with Crippen LogP contribution in [0.15, 0.2) is 4.99 Å². The zero-order valence-electron chi connectivity index (χ0n) is 14.4. The van der Waals surface area contributed by atoms with Crippen LogP contribution in [0.25, 0.3) is 0 Å². The normalized spacial score (nSPS) is 19.1. The smallest absolute Gasteiger partial charge is 0.221 e. The second kappa shape index (κ2) is 10.6. The minimum atomic E-state index is 0. The molecule has 0 aliphatic carbocycles. The van der Waals surface area contributed by atoms with Gasteiger partial charge in [0, 0.05) is 49.6 Å². The maximum Gasteiger partial charge on any atom is 0.221 e. The minimum Gasteiger partial charge on any atom is -0.356 e. The van der Waals surface area contributed by atoms with Crippen LogP contribution in [0, 0.1) is 0 Å². The molecular formula is C15H31IN4OS. The number of hydrogen-bond acceptors (Lipinski definition) is 3. The molecule has 0 saturated carbocycles. The van der Waals surface area contributed by atoms with Crippen LogP contribution < -0.4 is 10.6 Å². The number of aliphatic imine (C=N–C) groups is 1. The lowest BCUT2D eigenvalue weighted by Gasteiger charge is -2.39. The second-order valence-electron chi connectivity index (χ2n) is 6.13. The summed E-state index contributed by atoms with van der Waals surface area (Å²) < 4.78 is 0.254. The van der Waals surface area contributed by atoms with Gasteiger partial charge in [-0.3, -0.25) is 9.79 Å². The Morgan fingerprint density at radius 2 is 2.14 bits per heavy atom. The molecular weight excluding hydrogens is 411 g/mol. The Morgan fingerprint density at radius 1 is 1.45 bits per heavy atom. The number of hydrogen-bond donors (Lipinski definition) is 2. The Hall–Kier alpha value is -0.180. The van der Waals surface area contributed by atoms with E-state index >= 15 is 0 Å². The van der Waals surface area contributed by atoms with E-state index in [1.165, 1.54) is 0 Å². The maximum absolute atomic E-state index is 11.8. The van der Waals surface area contributed by atoms with E-state index in [1.807, 2.05) is 18.7 Å². The second-order valence-corrected chi connectivity index (χ2v) is 7.93. The van der Waals surface area contributed by atoms with Crippen LogP contribution in [0.4, 0.5) is 0 Å². The van der Waals surface area contributed by atoms with Crippen LogP contribution in [0.1, 0.15) is 40.5 Å². The molecule has 1 saturated heterocycles. The van der Waals surface area contributed by atoms with Crippen LogP contribution in [0.5, 0.6) is 0 Å². The summed E-state index contributed by atoms with van der Waals surface area (Å²) in [6, 6.07) is 0.247. The molecule has 1 aliphatic heterocycles. The first kappa shape index (κ1) is 21.8. The lowest BCUT2D eigenvalue weighted by molar-refractivity contribution is -0.121. The fourth-order valence-electron chi connectivity index (χ4n) is 2.27. The Labute approximate surface area is 156 Å². The van der Waals surface area contributed by atoms with Crippen molar-refractivity contribution < 1.29 is 4.79 Å². The van der Waals surface area contributed by atoms with E-state index in [2.05, 4.69) is 41.3 Å². The van der Waals surface area contributed by atoms with Crippen LogP contribution in [0.2, 0.25) is 0 Å². The van der Waals surface area contributed by atoms with Gasteiger partial charge in [-0.1, -0.05) is 6.92 Å². The molecule has 0 spiro atoms. The molecule has 130 valence electrons. The topological polar surface area (TPSA) is 56.7 Å². The molecule has 2 N–H and O–H groups in total. The zero-order chi connectivity index (χ0) is 15.9. The molecule has 7 heteroatoms. The van der Waals surface area contributed by atoms with E-state index in [9.17, 15) is 4.79 Å². The first-order chi connectivity index (χ1) is 9.88. The average Bonchev–Trinajstić information content (AvgIpc) is 2.42. The third-order valence-corrected chi connectivity index (χ3v) is 4.89. The van der Waals surface area contributed by atoms with E-state index in [0.29, 0.717) is 13.0 Å². The summed E-state index contributed by atoms with van der Waals surface area (Å²) in [6.07, 6.45) is 1.44. The van der Waals surface area contributed by atoms with Crippen LogP contribution in [0.3, 0.4) is 0 Å². The van der Waals surface area contributed by atoms with Crippen molar-refractivity contribution in [2.45, 2.75) is 51.3 Å². The summed E-state index contributed by atoms with van der Waals surface area (Å²) >= 11 is 2.00. The Kier molecular flexibility index (Phi) is 10.5. The number of carbonyl (C=O) groups excluding carboxylic acids is 1. The minimum absolute atomic E-state index is 0. The van der Waals surface area contributed by atoms with Crippen LogP contribution in [-0.4, -0.2) is 60.0 Å². The number of rotatable bonds is 5. The van der Waals surface area contributed by atoms with Gasteiger partial charge in [0.25, 0.3) is 0 Å². The van der Waals surface area contributed by atoms with Gasteiger partial charge >= 0.3 is 0 Å². The van der Waals surface area contributed by atoms with Crippen molar-refractivity contribution in [3.8, 4) is 0 Å². The monoisotopic (exact) mass is 442 g/mol. The molecule has 1 fully saturated rings. The van der Waals surface area contributed by atoms with E-state index in [4.69, 9.17) is 0 Å². The van der Waals surface area contributed by atoms with Crippen molar-refractivity contribution in [3.05, 3.63) is 0 Å². The molecule has 22 heavy (non-hydrogen) atoms. The number of halogens is 1. The highest BCUT2D eigenvalue weighted by atomic mass is 127. The molecule has 0 bridgehead atoms. The maximum atomic E-state index is 11.8. The molecule has 1 aliphatic rings. The van der Waals surface area contributed by atoms with Gasteiger partial charge in [0.15, 0.2) is 5.96 Å². The fraction of sp³-hybridized carbons (Fsp3) is 0.867. The number of guanidine groups is 1. The third kappa shape index (κ3) is 7.89. The summed E-state index contributed by atoms with van der Waals surface area (Å²) in [6.45, 7) is 11.2. The average molecular weight is 442 g/mol. The predicted octanol–water partition coefficient (Wildman–Crippen LogP) is 2.31. The summed E-state index contributed by atoms with van der Waals surface area (Å²) in [5.41, 5.74) is 0. The molecule has 1 unspecified atom stereocenters. The number of thioether (sulfide) groups is 1. The number of nitrogens with zero attached hydrogens (tertiary/aromatic N) is 2. The van der Waals surface area contributed by atoms with E-state index in [-0.39, 0.29) is 40.7 Å². The van der Waals surface area contributed by atoms with Crippen molar-refractivity contribution in [3.63, 3.8) is 0 Å². The highest BCUT2D eigenvalue weighted by molar-refractivity contribution is 14.0. The summed E-state index contributed by atoms with van der Waals surface area (Å²) in [4.78, 5) is 18.4. The molecule has 0 aromatic heterocycles. The van der Waals surface area contributed by atoms with E-state index in [0.717, 1.165) is 31.2 Å². The van der Waals surface area contributed by atoms with Crippen molar-refractivity contribution in [1.29, 1.82) is 0 Å². The highest BCUT2D eigenvalue weighted by Crippen LogP contribution is 2.29. The Morgan fingerprint density at radius 3 is 2.68 bits per heavy atom. The van der Waals surface area contributed by atoms with Crippen molar-refractivity contribution in [2.24, 2.45) is 4.99 Å². The molecule has 1 heterocycles. The lowest BCUT2D eigenvalue weighted by atomic mass is 10.2. The molecule has 1 atom stereocenters. The fourth-order valence-corrected chi connectivity index (χ4v) is 3.38. The first-order valence-corrected chi connectivity index (χ1v) is 8.75. The SMILES string of the molecule is CCC(C)NC(=O)CCNC(=NC)N1CCSC(C)(C)C1.I. The van der Waals surface area contributed by atoms with Gasteiger partial charge in [0.2, 0.25) is 5.91 Å². The summed E-state index contributed by atoms with van der Waals surface area (Å²) in [5, 5.41) is 6.28. The number of carbonyl (C=O) groups is 1. The lowest BCUT2D eigenvalue weighted by Crippen LogP contribution is -2.51. The molecule has 1 amide bonds. The van der Waals surface area contributed by atoms with Gasteiger partial charge in [-0.2, -0.15) is 11.8 Å². The van der Waals surface area contributed by atoms with Gasteiger partial charge in [0.05, 0.1) is 0 Å². The Balaban J connectivity index is 0.00000441. The summed E-state index contributed by atoms with van der Waals surface area (Å²) in [7, 11) is 1.80. The van der Waals surface area contributed by atoms with E-state index in [1.54, 1.807) is 7.05 Å². The molecule has 5 nitrogen and oxygen atoms in total. The van der Waals surface area contributed by atoms with Crippen molar-refractivity contribution in [1.82, 2.24) is 15.5 Å². The standard InChI is InChI=1S/C15H30N4OS.HI/c1-6-12(2)18-13(20)7-8-17-14(16-5)19-9-10-21-15(3,4)11-19;/h12H,6-11H2,1-5H3,(H,16,17)(H,18,20);1H. The van der Waals surface area contributed by atoms with E-state index < -0.39 is 0 Å². The predicted molar refractivity (Wildman–Crippen MR) is 107 cm³/mol. The molecule has 1 rings (SSSR count). The molecule has 0 aromatic carbocycles. The van der Waals surface area contributed by atoms with Crippen molar-refractivity contribution in [2.75, 3.05) is 32.4 Å². The van der Waals surface area contributed by atoms with Gasteiger partial charge in [-0.05, 0) is 27.2 Å². The zero-order valence-corrected chi connectivity index (χ0v) is 17.6.